The van der Waals surface area contributed by atoms with Crippen molar-refractivity contribution in [2.75, 3.05) is 31.6 Å². The van der Waals surface area contributed by atoms with Gasteiger partial charge in [0.05, 0.1) is 30.2 Å². The predicted molar refractivity (Wildman–Crippen MR) is 115 cm³/mol. The van der Waals surface area contributed by atoms with Crippen LogP contribution in [-0.4, -0.2) is 52.1 Å². The van der Waals surface area contributed by atoms with Crippen LogP contribution in [0.2, 0.25) is 0 Å². The first kappa shape index (κ1) is 22.6. The number of nitrogens with zero attached hydrogens (tertiary/aromatic N) is 2. The standard InChI is InChI=1S/C22H25N3O5S/c1-29-21-6-3-2-5-20(21)24-31(27,28)19-9-7-17(8-10-19)22(26)25(14-4-13-23)18-11-15-30-16-12-18/h2-3,5-10,18,24H,4,11-12,14-16H2,1H3. The van der Waals surface area contributed by atoms with Crippen molar-refractivity contribution < 1.29 is 22.7 Å². The third kappa shape index (κ3) is 5.54. The Labute approximate surface area is 182 Å². The van der Waals surface area contributed by atoms with E-state index in [9.17, 15) is 13.2 Å². The number of ether oxygens (including phenoxy) is 2. The van der Waals surface area contributed by atoms with Crippen LogP contribution in [0.3, 0.4) is 0 Å². The van der Waals surface area contributed by atoms with Crippen molar-refractivity contribution >= 4 is 21.6 Å². The lowest BCUT2D eigenvalue weighted by molar-refractivity contribution is 0.0296. The Bertz CT molecular complexity index is 1040. The fraction of sp³-hybridized carbons (Fsp3) is 0.364. The number of methoxy groups -OCH3 is 1. The summed E-state index contributed by atoms with van der Waals surface area (Å²) in [7, 11) is -2.40. The van der Waals surface area contributed by atoms with E-state index in [1.165, 1.54) is 31.4 Å². The van der Waals surface area contributed by atoms with Crippen LogP contribution < -0.4 is 9.46 Å². The number of amides is 1. The van der Waals surface area contributed by atoms with Gasteiger partial charge in [0.2, 0.25) is 0 Å². The number of sulfonamides is 1. The van der Waals surface area contributed by atoms with Gasteiger partial charge < -0.3 is 14.4 Å². The average Bonchev–Trinajstić information content (AvgIpc) is 2.80. The number of anilines is 1. The van der Waals surface area contributed by atoms with Crippen molar-refractivity contribution in [1.82, 2.24) is 4.90 Å². The Hall–Kier alpha value is -3.09. The lowest BCUT2D eigenvalue weighted by Gasteiger charge is -2.34. The first-order valence-corrected chi connectivity index (χ1v) is 11.5. The molecule has 2 aromatic rings. The van der Waals surface area contributed by atoms with Crippen LogP contribution in [0.4, 0.5) is 5.69 Å². The van der Waals surface area contributed by atoms with E-state index in [2.05, 4.69) is 10.8 Å². The summed E-state index contributed by atoms with van der Waals surface area (Å²) in [6, 6.07) is 14.6. The number of nitrogens with one attached hydrogen (secondary N) is 1. The normalized spacial score (nSPS) is 14.5. The van der Waals surface area contributed by atoms with Gasteiger partial charge >= 0.3 is 0 Å². The lowest BCUT2D eigenvalue weighted by Crippen LogP contribution is -2.44. The molecule has 1 aliphatic rings. The third-order valence-corrected chi connectivity index (χ3v) is 6.50. The van der Waals surface area contributed by atoms with Crippen molar-refractivity contribution in [3.8, 4) is 11.8 Å². The molecule has 9 heteroatoms. The Balaban J connectivity index is 1.78. The highest BCUT2D eigenvalue weighted by molar-refractivity contribution is 7.92. The van der Waals surface area contributed by atoms with Gasteiger partial charge in [-0.15, -0.1) is 0 Å². The van der Waals surface area contributed by atoms with Gasteiger partial charge in [-0.05, 0) is 49.2 Å². The maximum absolute atomic E-state index is 13.1. The fourth-order valence-electron chi connectivity index (χ4n) is 3.49. The molecule has 1 fully saturated rings. The summed E-state index contributed by atoms with van der Waals surface area (Å²) >= 11 is 0. The summed E-state index contributed by atoms with van der Waals surface area (Å²) in [5.41, 5.74) is 0.702. The van der Waals surface area contributed by atoms with Crippen LogP contribution in [-0.2, 0) is 14.8 Å². The number of benzene rings is 2. The summed E-state index contributed by atoms with van der Waals surface area (Å²) in [5.74, 6) is 0.186. The van der Waals surface area contributed by atoms with Crippen molar-refractivity contribution in [2.24, 2.45) is 0 Å². The van der Waals surface area contributed by atoms with Gasteiger partial charge in [0.15, 0.2) is 0 Å². The van der Waals surface area contributed by atoms with E-state index in [0.717, 1.165) is 0 Å². The van der Waals surface area contributed by atoms with E-state index < -0.39 is 10.0 Å². The highest BCUT2D eigenvalue weighted by Gasteiger charge is 2.27. The number of hydrogen-bond donors (Lipinski definition) is 1. The van der Waals surface area contributed by atoms with Crippen LogP contribution in [0, 0.1) is 11.3 Å². The van der Waals surface area contributed by atoms with E-state index in [0.29, 0.717) is 49.6 Å². The summed E-state index contributed by atoms with van der Waals surface area (Å²) < 4.78 is 38.6. The molecule has 0 saturated carbocycles. The number of rotatable bonds is 8. The Morgan fingerprint density at radius 2 is 1.87 bits per heavy atom. The van der Waals surface area contributed by atoms with Crippen LogP contribution in [0.15, 0.2) is 53.4 Å². The minimum Gasteiger partial charge on any atom is -0.495 e. The highest BCUT2D eigenvalue weighted by Crippen LogP contribution is 2.26. The summed E-state index contributed by atoms with van der Waals surface area (Å²) in [4.78, 5) is 14.8. The molecule has 3 rings (SSSR count). The number of nitriles is 1. The molecule has 1 saturated heterocycles. The molecular formula is C22H25N3O5S. The van der Waals surface area contributed by atoms with Crippen LogP contribution in [0.1, 0.15) is 29.6 Å². The zero-order valence-electron chi connectivity index (χ0n) is 17.3. The monoisotopic (exact) mass is 443 g/mol. The minimum absolute atomic E-state index is 0.00483. The highest BCUT2D eigenvalue weighted by atomic mass is 32.2. The van der Waals surface area contributed by atoms with E-state index in [1.54, 1.807) is 29.2 Å². The summed E-state index contributed by atoms with van der Waals surface area (Å²) in [6.45, 7) is 1.48. The largest absolute Gasteiger partial charge is 0.495 e. The van der Waals surface area contributed by atoms with E-state index >= 15 is 0 Å². The molecule has 0 atom stereocenters. The predicted octanol–water partition coefficient (Wildman–Crippen LogP) is 3.03. The van der Waals surface area contributed by atoms with Crippen molar-refractivity contribution in [2.45, 2.75) is 30.2 Å². The summed E-state index contributed by atoms with van der Waals surface area (Å²) in [5, 5.41) is 8.96. The minimum atomic E-state index is -3.86. The second kappa shape index (κ2) is 10.3. The number of carbonyl (C=O) groups excluding carboxylic acids is 1. The second-order valence-electron chi connectivity index (χ2n) is 7.08. The smallest absolute Gasteiger partial charge is 0.262 e. The molecule has 1 N–H and O–H groups in total. The van der Waals surface area contributed by atoms with E-state index in [1.807, 2.05) is 0 Å². The first-order valence-electron chi connectivity index (χ1n) is 9.98. The van der Waals surface area contributed by atoms with Gasteiger partial charge in [0.25, 0.3) is 15.9 Å². The summed E-state index contributed by atoms with van der Waals surface area (Å²) in [6.07, 6.45) is 1.66. The van der Waals surface area contributed by atoms with E-state index in [-0.39, 0.29) is 23.3 Å². The van der Waals surface area contributed by atoms with Gasteiger partial charge in [0.1, 0.15) is 5.75 Å². The van der Waals surface area contributed by atoms with Gasteiger partial charge in [-0.3, -0.25) is 9.52 Å². The maximum atomic E-state index is 13.1. The quantitative estimate of drug-likeness (QED) is 0.672. The van der Waals surface area contributed by atoms with Crippen LogP contribution in [0.25, 0.3) is 0 Å². The zero-order chi connectivity index (χ0) is 22.3. The molecule has 0 radical (unpaired) electrons. The van der Waals surface area contributed by atoms with Gasteiger partial charge in [-0.2, -0.15) is 5.26 Å². The Kier molecular flexibility index (Phi) is 7.50. The molecule has 0 spiro atoms. The zero-order valence-corrected chi connectivity index (χ0v) is 18.1. The molecule has 0 unspecified atom stereocenters. The van der Waals surface area contributed by atoms with Crippen LogP contribution in [0.5, 0.6) is 5.75 Å². The molecule has 8 nitrogen and oxygen atoms in total. The first-order chi connectivity index (χ1) is 15.0. The third-order valence-electron chi connectivity index (χ3n) is 5.12. The molecule has 164 valence electrons. The number of para-hydroxylation sites is 2. The van der Waals surface area contributed by atoms with Crippen LogP contribution >= 0.6 is 0 Å². The van der Waals surface area contributed by atoms with Crippen molar-refractivity contribution in [3.63, 3.8) is 0 Å². The fourth-order valence-corrected chi connectivity index (χ4v) is 4.56. The SMILES string of the molecule is COc1ccccc1NS(=O)(=O)c1ccc(C(=O)N(CCC#N)C2CCOCC2)cc1. The van der Waals surface area contributed by atoms with E-state index in [4.69, 9.17) is 14.7 Å². The topological polar surface area (TPSA) is 109 Å². The molecule has 1 aliphatic heterocycles. The average molecular weight is 444 g/mol. The Morgan fingerprint density at radius 1 is 1.19 bits per heavy atom. The number of carbonyl (C=O) groups is 1. The second-order valence-corrected chi connectivity index (χ2v) is 8.76. The molecule has 0 aromatic heterocycles. The number of hydrogen-bond acceptors (Lipinski definition) is 6. The molecular weight excluding hydrogens is 418 g/mol. The van der Waals surface area contributed by atoms with Crippen molar-refractivity contribution in [1.29, 1.82) is 5.26 Å². The van der Waals surface area contributed by atoms with Crippen molar-refractivity contribution in [3.05, 3.63) is 54.1 Å². The van der Waals surface area contributed by atoms with Gasteiger partial charge in [-0.25, -0.2) is 8.42 Å². The molecule has 0 aliphatic carbocycles. The molecule has 1 amide bonds. The maximum Gasteiger partial charge on any atom is 0.262 e. The molecule has 1 heterocycles. The molecule has 31 heavy (non-hydrogen) atoms. The van der Waals surface area contributed by atoms with Gasteiger partial charge in [-0.1, -0.05) is 12.1 Å². The molecule has 2 aromatic carbocycles. The van der Waals surface area contributed by atoms with Gasteiger partial charge in [0, 0.05) is 31.4 Å². The Morgan fingerprint density at radius 3 is 2.52 bits per heavy atom. The lowest BCUT2D eigenvalue weighted by atomic mass is 10.0. The molecule has 0 bridgehead atoms.